The van der Waals surface area contributed by atoms with E-state index in [1.54, 1.807) is 0 Å². The summed E-state index contributed by atoms with van der Waals surface area (Å²) < 4.78 is 5.15. The molecule has 5 heteroatoms. The van der Waals surface area contributed by atoms with Crippen molar-refractivity contribution in [2.45, 2.75) is 181 Å². The SMILES string of the molecule is CC(C)(C)c1ccc(-c2ccc3c(c2)B2c4ccc(-n5c6ccc(C(C)(C)C)cc6c6cc(C(C)(C)C)ccc65)cc4N(c4ccc(-c5ccc6c(c5)C(C)(C)CCC6(C)C)cc4)c4cc(-n5c6ccc(-c7ccccc7)cc6c6cc(-c7ccccc7)ccc65)cc(c42)N3c2ccc(-c3ccc4c(c3)C(C)(C)CCC4(C)C)cc2)cc1. The first-order valence-electron chi connectivity index (χ1n) is 42.8. The molecule has 0 spiro atoms. The predicted octanol–water partition coefficient (Wildman–Crippen LogP) is 28.9. The second-order valence-electron chi connectivity index (χ2n) is 40.3. The van der Waals surface area contributed by atoms with Crippen LogP contribution in [0.3, 0.4) is 0 Å². The molecule has 0 fully saturated rings. The van der Waals surface area contributed by atoms with Gasteiger partial charge in [-0.25, -0.2) is 0 Å². The number of fused-ring (bicyclic) bond motifs is 12. The van der Waals surface area contributed by atoms with Crippen LogP contribution in [0.4, 0.5) is 34.1 Å². The minimum absolute atomic E-state index is 0.00271. The van der Waals surface area contributed by atoms with Gasteiger partial charge in [-0.15, -0.1) is 0 Å². The van der Waals surface area contributed by atoms with Gasteiger partial charge in [-0.2, -0.15) is 0 Å². The second-order valence-corrected chi connectivity index (χ2v) is 40.3. The molecular weight excluding hydrogens is 1410 g/mol. The Balaban J connectivity index is 0.883. The highest BCUT2D eigenvalue weighted by atomic mass is 15.2. The highest BCUT2D eigenvalue weighted by Crippen LogP contribution is 2.53. The summed E-state index contributed by atoms with van der Waals surface area (Å²) >= 11 is 0. The Morgan fingerprint density at radius 1 is 0.239 bits per heavy atom. The fourth-order valence-corrected chi connectivity index (χ4v) is 20.4. The lowest BCUT2D eigenvalue weighted by molar-refractivity contribution is 0.332. The molecule has 0 unspecified atom stereocenters. The van der Waals surface area contributed by atoms with E-state index < -0.39 is 0 Å². The van der Waals surface area contributed by atoms with Crippen LogP contribution in [0.25, 0.3) is 111 Å². The van der Waals surface area contributed by atoms with Gasteiger partial charge in [0.25, 0.3) is 6.71 Å². The number of nitrogens with zero attached hydrogens (tertiary/aromatic N) is 4. The molecule has 117 heavy (non-hydrogen) atoms. The maximum atomic E-state index is 2.67. The van der Waals surface area contributed by atoms with Crippen LogP contribution in [0.2, 0.25) is 0 Å². The monoisotopic (exact) mass is 1520 g/mol. The minimum Gasteiger partial charge on any atom is -0.311 e. The lowest BCUT2D eigenvalue weighted by Crippen LogP contribution is -2.61. The molecule has 4 heterocycles. The largest absolute Gasteiger partial charge is 0.311 e. The molecule has 2 aromatic heterocycles. The summed E-state index contributed by atoms with van der Waals surface area (Å²) in [4.78, 5) is 5.30. The van der Waals surface area contributed by atoms with Gasteiger partial charge >= 0.3 is 0 Å². The fourth-order valence-electron chi connectivity index (χ4n) is 20.4. The van der Waals surface area contributed by atoms with Crippen LogP contribution < -0.4 is 26.2 Å². The van der Waals surface area contributed by atoms with Crippen molar-refractivity contribution in [3.8, 4) is 67.0 Å². The van der Waals surface area contributed by atoms with E-state index in [9.17, 15) is 0 Å². The molecule has 0 atom stereocenters. The van der Waals surface area contributed by atoms with Gasteiger partial charge in [0.1, 0.15) is 0 Å². The molecule has 0 saturated heterocycles. The Kier molecular flexibility index (Phi) is 16.8. The third kappa shape index (κ3) is 12.3. The molecule has 0 amide bonds. The first-order valence-corrected chi connectivity index (χ1v) is 42.8. The van der Waals surface area contributed by atoms with Gasteiger partial charge < -0.3 is 18.9 Å². The number of hydrogen-bond donors (Lipinski definition) is 0. The standard InChI is InChI=1S/C112H107BN4/c1-106(2,3)80-39-28-72(29-40-80)79-38-53-101-96(64-79)113-95-50-47-85(116-99-54-41-81(107(4,5)6)65-89(99)90-66-82(108(7,8)9)42-55-100(90)116)67-102(95)115(84-45-32-74(33-46-84)78-35-49-92-94(63-78)112(16,17)59-57-110(92,12)13)104-69-86(68-103(105(104)113)114(101)83-43-30-73(31-44-83)77-34-48-91-93(62-77)111(14,15)58-56-109(91,10)11)117-97-51-36-75(70-24-20-18-21-25-70)60-87(97)88-61-76(37-52-98(88)117)71-26-22-19-23-27-71/h18-55,60-69H,56-59H2,1-17H3. The van der Waals surface area contributed by atoms with Crippen molar-refractivity contribution in [3.05, 3.63) is 330 Å². The minimum atomic E-state index is -0.212. The zero-order valence-corrected chi connectivity index (χ0v) is 71.4. The maximum Gasteiger partial charge on any atom is 0.252 e. The zero-order chi connectivity index (χ0) is 80.9. The van der Waals surface area contributed by atoms with Crippen molar-refractivity contribution < 1.29 is 0 Å². The molecule has 0 saturated carbocycles. The average Bonchev–Trinajstić information content (AvgIpc) is 1.12. The summed E-state index contributed by atoms with van der Waals surface area (Å²) in [6.45, 7) is 40.3. The van der Waals surface area contributed by atoms with Crippen LogP contribution in [0, 0.1) is 0 Å². The van der Waals surface area contributed by atoms with Crippen molar-refractivity contribution in [1.29, 1.82) is 0 Å². The maximum absolute atomic E-state index is 2.67. The molecule has 4 nitrogen and oxygen atoms in total. The van der Waals surface area contributed by atoms with E-state index in [0.717, 1.165) is 69.4 Å². The van der Waals surface area contributed by atoms with Crippen LogP contribution in [0.5, 0.6) is 0 Å². The molecule has 2 aliphatic carbocycles. The quantitative estimate of drug-likeness (QED) is 0.134. The Morgan fingerprint density at radius 3 is 1.01 bits per heavy atom. The summed E-state index contributed by atoms with van der Waals surface area (Å²) in [5.41, 5.74) is 39.6. The Morgan fingerprint density at radius 2 is 0.564 bits per heavy atom. The van der Waals surface area contributed by atoms with Crippen LogP contribution in [-0.4, -0.2) is 15.8 Å². The number of rotatable bonds is 9. The van der Waals surface area contributed by atoms with E-state index in [2.05, 4.69) is 428 Å². The molecule has 4 aliphatic rings. The van der Waals surface area contributed by atoms with Crippen molar-refractivity contribution in [3.63, 3.8) is 0 Å². The van der Waals surface area contributed by atoms with Crippen LogP contribution in [0.1, 0.15) is 182 Å². The lowest BCUT2D eigenvalue weighted by atomic mass is 9.33. The predicted molar refractivity (Wildman–Crippen MR) is 503 cm³/mol. The van der Waals surface area contributed by atoms with Gasteiger partial charge in [0, 0.05) is 61.4 Å². The van der Waals surface area contributed by atoms with Gasteiger partial charge in [0.15, 0.2) is 0 Å². The van der Waals surface area contributed by atoms with Gasteiger partial charge in [-0.05, 0) is 278 Å². The summed E-state index contributed by atoms with van der Waals surface area (Å²) in [5.74, 6) is 0. The summed E-state index contributed by atoms with van der Waals surface area (Å²) in [5, 5.41) is 4.95. The van der Waals surface area contributed by atoms with E-state index in [1.807, 2.05) is 0 Å². The van der Waals surface area contributed by atoms with Gasteiger partial charge in [0.2, 0.25) is 0 Å². The van der Waals surface area contributed by atoms with E-state index in [1.165, 1.54) is 156 Å². The van der Waals surface area contributed by atoms with Crippen LogP contribution >= 0.6 is 0 Å². The van der Waals surface area contributed by atoms with Crippen molar-refractivity contribution in [2.24, 2.45) is 0 Å². The molecule has 578 valence electrons. The topological polar surface area (TPSA) is 16.3 Å². The van der Waals surface area contributed by atoms with Gasteiger partial charge in [-0.3, -0.25) is 0 Å². The first-order chi connectivity index (χ1) is 55.8. The molecule has 0 N–H and O–H groups in total. The molecule has 14 aromatic carbocycles. The van der Waals surface area contributed by atoms with Crippen LogP contribution in [0.15, 0.2) is 291 Å². The third-order valence-corrected chi connectivity index (χ3v) is 27.7. The van der Waals surface area contributed by atoms with E-state index in [-0.39, 0.29) is 44.6 Å². The molecule has 0 radical (unpaired) electrons. The van der Waals surface area contributed by atoms with Crippen molar-refractivity contribution in [2.75, 3.05) is 9.80 Å². The molecule has 16 aromatic rings. The zero-order valence-electron chi connectivity index (χ0n) is 71.4. The Hall–Kier alpha value is -11.7. The lowest BCUT2D eigenvalue weighted by Gasteiger charge is -2.44. The third-order valence-electron chi connectivity index (χ3n) is 27.7. The number of anilines is 6. The summed E-state index contributed by atoms with van der Waals surface area (Å²) in [6.07, 6.45) is 4.68. The molecular formula is C112H107BN4. The average molecular weight is 1520 g/mol. The number of hydrogen-bond acceptors (Lipinski definition) is 2. The Bertz CT molecular complexity index is 6550. The normalized spacial score (nSPS) is 15.8. The fraction of sp³-hybridized carbons (Fsp3) is 0.250. The number of aromatic nitrogens is 2. The van der Waals surface area contributed by atoms with E-state index in [0.29, 0.717) is 0 Å². The van der Waals surface area contributed by atoms with Crippen LogP contribution in [-0.2, 0) is 37.9 Å². The highest BCUT2D eigenvalue weighted by molar-refractivity contribution is 7.00. The Labute approximate surface area is 693 Å². The highest BCUT2D eigenvalue weighted by Gasteiger charge is 2.46. The second kappa shape index (κ2) is 26.4. The van der Waals surface area contributed by atoms with Crippen molar-refractivity contribution in [1.82, 2.24) is 9.13 Å². The van der Waals surface area contributed by atoms with Gasteiger partial charge in [0.05, 0.1) is 27.8 Å². The molecule has 20 rings (SSSR count). The van der Waals surface area contributed by atoms with E-state index >= 15 is 0 Å². The van der Waals surface area contributed by atoms with Crippen molar-refractivity contribution >= 4 is 101 Å². The first kappa shape index (κ1) is 74.2. The summed E-state index contributed by atoms with van der Waals surface area (Å²) in [7, 11) is 0. The molecule has 0 bridgehead atoms. The summed E-state index contributed by atoms with van der Waals surface area (Å²) in [6, 6.07) is 114. The van der Waals surface area contributed by atoms with E-state index in [4.69, 9.17) is 0 Å². The number of benzene rings is 14. The molecule has 2 aliphatic heterocycles. The smallest absolute Gasteiger partial charge is 0.252 e. The van der Waals surface area contributed by atoms with Gasteiger partial charge in [-0.1, -0.05) is 306 Å².